The van der Waals surface area contributed by atoms with Gasteiger partial charge in [-0.2, -0.15) is 0 Å². The monoisotopic (exact) mass is 382 g/mol. The standard InChI is InChI=1S/C16H32O2.BH3O3.Zn/c1-2-3-4-5-6-7-8-9-10-11-12-13-14-15-16(17)18;2-1(3)4;/h2-15H2,1H3,(H,17,18);2-4H;. The van der Waals surface area contributed by atoms with Gasteiger partial charge in [-0.3, -0.25) is 4.79 Å². The quantitative estimate of drug-likeness (QED) is 0.272. The Morgan fingerprint density at radius 1 is 0.696 bits per heavy atom. The van der Waals surface area contributed by atoms with Crippen molar-refractivity contribution in [3.05, 3.63) is 0 Å². The van der Waals surface area contributed by atoms with Gasteiger partial charge in [0.15, 0.2) is 0 Å². The van der Waals surface area contributed by atoms with Crippen LogP contribution >= 0.6 is 0 Å². The van der Waals surface area contributed by atoms with Gasteiger partial charge >= 0.3 is 13.3 Å². The summed E-state index contributed by atoms with van der Waals surface area (Å²) in [6.07, 6.45) is 17.3. The van der Waals surface area contributed by atoms with Crippen LogP contribution in [0.15, 0.2) is 0 Å². The summed E-state index contributed by atoms with van der Waals surface area (Å²) in [6.45, 7) is 2.26. The maximum Gasteiger partial charge on any atom is 0.631 e. The Labute approximate surface area is 154 Å². The summed E-state index contributed by atoms with van der Waals surface area (Å²) in [5.74, 6) is -0.655. The third-order valence-electron chi connectivity index (χ3n) is 3.49. The van der Waals surface area contributed by atoms with Gasteiger partial charge < -0.3 is 20.2 Å². The fourth-order valence-corrected chi connectivity index (χ4v) is 2.29. The SMILES string of the molecule is CCCCCCCCCCCCCCCC(=O)O.OB(O)O.[Zn]. The molecule has 0 atom stereocenters. The molecule has 0 rings (SSSR count). The molecule has 0 aliphatic heterocycles. The van der Waals surface area contributed by atoms with E-state index >= 15 is 0 Å². The smallest absolute Gasteiger partial charge is 0.481 e. The van der Waals surface area contributed by atoms with E-state index in [1.807, 2.05) is 0 Å². The zero-order valence-corrected chi connectivity index (χ0v) is 17.8. The maximum absolute atomic E-state index is 10.3. The number of hydrogen-bond acceptors (Lipinski definition) is 4. The molecule has 0 aromatic rings. The van der Waals surface area contributed by atoms with E-state index in [0.29, 0.717) is 6.42 Å². The van der Waals surface area contributed by atoms with Crippen LogP contribution in [0.4, 0.5) is 0 Å². The minimum Gasteiger partial charge on any atom is -0.481 e. The van der Waals surface area contributed by atoms with Crippen molar-refractivity contribution in [2.75, 3.05) is 0 Å². The third-order valence-corrected chi connectivity index (χ3v) is 3.49. The van der Waals surface area contributed by atoms with Crippen LogP contribution in [-0.4, -0.2) is 33.5 Å². The molecule has 0 spiro atoms. The van der Waals surface area contributed by atoms with Crippen molar-refractivity contribution in [3.8, 4) is 0 Å². The Morgan fingerprint density at radius 2 is 0.957 bits per heavy atom. The van der Waals surface area contributed by atoms with Crippen molar-refractivity contribution in [1.29, 1.82) is 0 Å². The van der Waals surface area contributed by atoms with Crippen molar-refractivity contribution >= 4 is 13.3 Å². The molecule has 0 heterocycles. The van der Waals surface area contributed by atoms with Gasteiger partial charge in [0.2, 0.25) is 0 Å². The normalized spacial score (nSPS) is 9.57. The van der Waals surface area contributed by atoms with Gasteiger partial charge in [0.1, 0.15) is 0 Å². The Morgan fingerprint density at radius 3 is 1.22 bits per heavy atom. The largest absolute Gasteiger partial charge is 0.631 e. The van der Waals surface area contributed by atoms with Crippen molar-refractivity contribution in [1.82, 2.24) is 0 Å². The Kier molecular flexibility index (Phi) is 29.4. The molecule has 23 heavy (non-hydrogen) atoms. The van der Waals surface area contributed by atoms with E-state index in [1.54, 1.807) is 0 Å². The van der Waals surface area contributed by atoms with Crippen LogP contribution in [0.1, 0.15) is 96.8 Å². The molecule has 0 radical (unpaired) electrons. The van der Waals surface area contributed by atoms with Gasteiger partial charge in [-0.25, -0.2) is 0 Å². The molecular formula is C16H35BO5Zn. The molecule has 0 aliphatic carbocycles. The van der Waals surface area contributed by atoms with Gasteiger partial charge in [-0.15, -0.1) is 0 Å². The molecule has 0 aromatic carbocycles. The van der Waals surface area contributed by atoms with Crippen LogP contribution in [0, 0.1) is 0 Å². The second kappa shape index (κ2) is 24.3. The van der Waals surface area contributed by atoms with Gasteiger partial charge in [-0.05, 0) is 6.42 Å². The first kappa shape index (κ1) is 27.9. The van der Waals surface area contributed by atoms with Gasteiger partial charge in [0, 0.05) is 25.9 Å². The van der Waals surface area contributed by atoms with E-state index < -0.39 is 13.3 Å². The van der Waals surface area contributed by atoms with Crippen LogP contribution in [-0.2, 0) is 24.3 Å². The Bertz CT molecular complexity index is 228. The Hall–Kier alpha value is 0.0383. The second-order valence-electron chi connectivity index (χ2n) is 5.73. The minimum absolute atomic E-state index is 0. The summed E-state index contributed by atoms with van der Waals surface area (Å²) < 4.78 is 0. The number of carboxylic acids is 1. The summed E-state index contributed by atoms with van der Waals surface area (Å²) in [6, 6.07) is 0. The number of rotatable bonds is 14. The molecule has 0 amide bonds. The summed E-state index contributed by atoms with van der Waals surface area (Å²) in [4.78, 5) is 10.3. The molecule has 0 saturated heterocycles. The van der Waals surface area contributed by atoms with Crippen molar-refractivity contribution in [2.45, 2.75) is 96.8 Å². The summed E-state index contributed by atoms with van der Waals surface area (Å²) in [7, 11) is -2.17. The molecule has 0 aromatic heterocycles. The van der Waals surface area contributed by atoms with Crippen molar-refractivity contribution in [3.63, 3.8) is 0 Å². The fourth-order valence-electron chi connectivity index (χ4n) is 2.29. The molecule has 134 valence electrons. The fraction of sp³-hybridized carbons (Fsp3) is 0.938. The molecule has 0 bridgehead atoms. The molecule has 0 aliphatic rings. The van der Waals surface area contributed by atoms with Crippen LogP contribution < -0.4 is 0 Å². The minimum atomic E-state index is -2.17. The molecule has 5 nitrogen and oxygen atoms in total. The van der Waals surface area contributed by atoms with E-state index in [9.17, 15) is 4.79 Å². The van der Waals surface area contributed by atoms with Crippen molar-refractivity contribution < 1.29 is 44.5 Å². The van der Waals surface area contributed by atoms with Crippen LogP contribution in [0.3, 0.4) is 0 Å². The van der Waals surface area contributed by atoms with Gasteiger partial charge in [0.05, 0.1) is 0 Å². The number of carbonyl (C=O) groups is 1. The molecule has 0 saturated carbocycles. The summed E-state index contributed by atoms with van der Waals surface area (Å²) >= 11 is 0. The third kappa shape index (κ3) is 39.1. The molecular weight excluding hydrogens is 348 g/mol. The van der Waals surface area contributed by atoms with E-state index in [1.165, 1.54) is 70.6 Å². The van der Waals surface area contributed by atoms with E-state index in [4.69, 9.17) is 20.2 Å². The number of hydrogen-bond donors (Lipinski definition) is 4. The van der Waals surface area contributed by atoms with Crippen LogP contribution in [0.5, 0.6) is 0 Å². The summed E-state index contributed by atoms with van der Waals surface area (Å²) in [5.41, 5.74) is 0. The van der Waals surface area contributed by atoms with Crippen molar-refractivity contribution in [2.24, 2.45) is 0 Å². The van der Waals surface area contributed by atoms with E-state index in [-0.39, 0.29) is 19.5 Å². The zero-order chi connectivity index (χ0) is 17.1. The average molecular weight is 384 g/mol. The van der Waals surface area contributed by atoms with E-state index in [0.717, 1.165) is 12.8 Å². The Balaban J connectivity index is -0.000000712. The molecule has 0 unspecified atom stereocenters. The van der Waals surface area contributed by atoms with E-state index in [2.05, 4.69) is 6.92 Å². The molecule has 4 N–H and O–H groups in total. The second-order valence-corrected chi connectivity index (χ2v) is 5.73. The van der Waals surface area contributed by atoms with Gasteiger partial charge in [0.25, 0.3) is 0 Å². The maximum atomic E-state index is 10.3. The van der Waals surface area contributed by atoms with Gasteiger partial charge in [-0.1, -0.05) is 84.0 Å². The van der Waals surface area contributed by atoms with Crippen LogP contribution in [0.2, 0.25) is 0 Å². The summed E-state index contributed by atoms with van der Waals surface area (Å²) in [5, 5.41) is 30.0. The first-order valence-electron chi connectivity index (χ1n) is 8.76. The van der Waals surface area contributed by atoms with Crippen LogP contribution in [0.25, 0.3) is 0 Å². The number of carboxylic acid groups (broad SMARTS) is 1. The molecule has 0 fully saturated rings. The number of aliphatic carboxylic acids is 1. The zero-order valence-electron chi connectivity index (χ0n) is 14.9. The molecule has 7 heteroatoms. The predicted octanol–water partition coefficient (Wildman–Crippen LogP) is 3.50. The average Bonchev–Trinajstić information content (AvgIpc) is 2.43. The first-order valence-corrected chi connectivity index (χ1v) is 8.76. The predicted molar refractivity (Wildman–Crippen MR) is 90.4 cm³/mol. The topological polar surface area (TPSA) is 98.0 Å². The number of unbranched alkanes of at least 4 members (excludes halogenated alkanes) is 12. The first-order chi connectivity index (χ1) is 10.5.